The summed E-state index contributed by atoms with van der Waals surface area (Å²) in [4.78, 5) is 0. The van der Waals surface area contributed by atoms with Crippen LogP contribution in [0.5, 0.6) is 0 Å². The Bertz CT molecular complexity index is 214. The largest absolute Gasteiger partial charge is 0.103 e. The monoisotopic (exact) mass is 178 g/mol. The van der Waals surface area contributed by atoms with Crippen molar-refractivity contribution in [2.45, 2.75) is 40.0 Å². The summed E-state index contributed by atoms with van der Waals surface area (Å²) >= 11 is 0. The van der Waals surface area contributed by atoms with Crippen LogP contribution >= 0.6 is 0 Å². The van der Waals surface area contributed by atoms with E-state index >= 15 is 0 Å². The summed E-state index contributed by atoms with van der Waals surface area (Å²) in [6.45, 7) is 11.3. The first kappa shape index (κ1) is 9.30. The first-order valence-corrected chi connectivity index (χ1v) is 5.68. The second kappa shape index (κ2) is 2.87. The fraction of sp³-hybridized carbons (Fsp3) is 0.846. The average Bonchev–Trinajstić information content (AvgIpc) is 2.08. The van der Waals surface area contributed by atoms with Crippen molar-refractivity contribution >= 4 is 0 Å². The van der Waals surface area contributed by atoms with Gasteiger partial charge in [-0.15, -0.1) is 6.58 Å². The minimum absolute atomic E-state index is 0.639. The molecule has 0 aromatic carbocycles. The molecule has 3 rings (SSSR count). The second-order valence-corrected chi connectivity index (χ2v) is 5.76. The fourth-order valence-electron chi connectivity index (χ4n) is 3.79. The van der Waals surface area contributed by atoms with Crippen molar-refractivity contribution in [2.75, 3.05) is 0 Å². The van der Waals surface area contributed by atoms with Gasteiger partial charge < -0.3 is 0 Å². The first-order chi connectivity index (χ1) is 6.07. The Kier molecular flexibility index (Phi) is 2.05. The van der Waals surface area contributed by atoms with E-state index in [0.717, 1.165) is 23.7 Å². The summed E-state index contributed by atoms with van der Waals surface area (Å²) in [6, 6.07) is 0. The van der Waals surface area contributed by atoms with Crippen LogP contribution in [0.3, 0.4) is 0 Å². The van der Waals surface area contributed by atoms with Gasteiger partial charge in [0.25, 0.3) is 0 Å². The molecule has 0 spiro atoms. The minimum Gasteiger partial charge on any atom is -0.103 e. The first-order valence-electron chi connectivity index (χ1n) is 5.68. The number of fused-ring (bicyclic) bond motifs is 2. The Morgan fingerprint density at radius 3 is 2.62 bits per heavy atom. The predicted octanol–water partition coefficient (Wildman–Crippen LogP) is 3.88. The molecule has 4 atom stereocenters. The number of hydrogen-bond acceptors (Lipinski definition) is 0. The highest BCUT2D eigenvalue weighted by molar-refractivity contribution is 5.06. The maximum Gasteiger partial charge on any atom is -0.0294 e. The van der Waals surface area contributed by atoms with Gasteiger partial charge in [-0.3, -0.25) is 0 Å². The van der Waals surface area contributed by atoms with Crippen LogP contribution in [0.25, 0.3) is 0 Å². The van der Waals surface area contributed by atoms with E-state index in [1.54, 1.807) is 0 Å². The van der Waals surface area contributed by atoms with E-state index in [1.807, 2.05) is 0 Å². The van der Waals surface area contributed by atoms with Crippen molar-refractivity contribution in [3.63, 3.8) is 0 Å². The Hall–Kier alpha value is -0.260. The molecule has 2 unspecified atom stereocenters. The summed E-state index contributed by atoms with van der Waals surface area (Å²) in [6.07, 6.45) is 6.32. The smallest absolute Gasteiger partial charge is 0.0294 e. The van der Waals surface area contributed by atoms with Crippen LogP contribution in [0.1, 0.15) is 40.0 Å². The normalized spacial score (nSPS) is 46.7. The molecule has 0 amide bonds. The van der Waals surface area contributed by atoms with Gasteiger partial charge in [-0.2, -0.15) is 0 Å². The molecule has 0 saturated heterocycles. The van der Waals surface area contributed by atoms with Crippen LogP contribution in [0, 0.1) is 29.1 Å². The molecule has 0 aromatic heterocycles. The van der Waals surface area contributed by atoms with Crippen LogP contribution in [-0.4, -0.2) is 0 Å². The van der Waals surface area contributed by atoms with Gasteiger partial charge in [0.05, 0.1) is 0 Å². The van der Waals surface area contributed by atoms with E-state index in [2.05, 4.69) is 33.4 Å². The third kappa shape index (κ3) is 1.18. The van der Waals surface area contributed by atoms with E-state index in [0.29, 0.717) is 5.41 Å². The van der Waals surface area contributed by atoms with E-state index < -0.39 is 0 Å². The molecule has 3 aliphatic rings. The Morgan fingerprint density at radius 2 is 2.08 bits per heavy atom. The lowest BCUT2D eigenvalue weighted by molar-refractivity contribution is -0.129. The van der Waals surface area contributed by atoms with Crippen molar-refractivity contribution in [3.05, 3.63) is 12.7 Å². The lowest BCUT2D eigenvalue weighted by Crippen LogP contribution is -2.55. The molecule has 0 radical (unpaired) electrons. The number of rotatable bonds is 2. The molecule has 0 nitrogen and oxygen atoms in total. The zero-order valence-electron chi connectivity index (χ0n) is 9.22. The minimum atomic E-state index is 0.639. The van der Waals surface area contributed by atoms with Crippen LogP contribution in [0.4, 0.5) is 0 Å². The summed E-state index contributed by atoms with van der Waals surface area (Å²) in [5.41, 5.74) is 0.639. The predicted molar refractivity (Wildman–Crippen MR) is 57.5 cm³/mol. The average molecular weight is 178 g/mol. The standard InChI is InChI=1S/C13H22/c1-5-6-11-9(2)7-10-8-12(11)13(10,3)4/h5,9-12H,1,6-8H2,2-4H3/t9-,10?,11+,12?/m1/s1. The van der Waals surface area contributed by atoms with Crippen LogP contribution in [0.2, 0.25) is 0 Å². The van der Waals surface area contributed by atoms with Crippen molar-refractivity contribution < 1.29 is 0 Å². The van der Waals surface area contributed by atoms with Gasteiger partial charge in [0.2, 0.25) is 0 Å². The molecule has 3 saturated carbocycles. The second-order valence-electron chi connectivity index (χ2n) is 5.76. The van der Waals surface area contributed by atoms with Crippen LogP contribution in [0.15, 0.2) is 12.7 Å². The molecule has 3 fully saturated rings. The van der Waals surface area contributed by atoms with Crippen molar-refractivity contribution in [1.29, 1.82) is 0 Å². The summed E-state index contributed by atoms with van der Waals surface area (Å²) in [7, 11) is 0. The van der Waals surface area contributed by atoms with Gasteiger partial charge in [0.1, 0.15) is 0 Å². The van der Waals surface area contributed by atoms with Gasteiger partial charge in [-0.05, 0) is 48.3 Å². The van der Waals surface area contributed by atoms with E-state index in [4.69, 9.17) is 0 Å². The summed E-state index contributed by atoms with van der Waals surface area (Å²) in [5.74, 6) is 3.88. The Morgan fingerprint density at radius 1 is 1.38 bits per heavy atom. The molecule has 13 heavy (non-hydrogen) atoms. The molecule has 0 heteroatoms. The fourth-order valence-corrected chi connectivity index (χ4v) is 3.79. The van der Waals surface area contributed by atoms with Gasteiger partial charge in [-0.1, -0.05) is 26.8 Å². The molecular weight excluding hydrogens is 156 g/mol. The zero-order valence-corrected chi connectivity index (χ0v) is 9.22. The van der Waals surface area contributed by atoms with E-state index in [-0.39, 0.29) is 0 Å². The number of allylic oxidation sites excluding steroid dienone is 1. The van der Waals surface area contributed by atoms with E-state index in [9.17, 15) is 0 Å². The third-order valence-electron chi connectivity index (χ3n) is 4.89. The molecule has 2 bridgehead atoms. The molecule has 3 aliphatic carbocycles. The lowest BCUT2D eigenvalue weighted by Gasteiger charge is -2.62. The maximum atomic E-state index is 3.89. The molecular formula is C13H22. The molecule has 74 valence electrons. The zero-order chi connectivity index (χ0) is 9.64. The topological polar surface area (TPSA) is 0 Å². The quantitative estimate of drug-likeness (QED) is 0.563. The van der Waals surface area contributed by atoms with Crippen molar-refractivity contribution in [2.24, 2.45) is 29.1 Å². The Labute approximate surface area is 82.4 Å². The van der Waals surface area contributed by atoms with Gasteiger partial charge >= 0.3 is 0 Å². The van der Waals surface area contributed by atoms with Crippen LogP contribution < -0.4 is 0 Å². The van der Waals surface area contributed by atoms with Crippen molar-refractivity contribution in [3.8, 4) is 0 Å². The maximum absolute atomic E-state index is 3.89. The molecule has 0 heterocycles. The molecule has 0 N–H and O–H groups in total. The Balaban J connectivity index is 2.12. The highest BCUT2D eigenvalue weighted by Gasteiger charge is 2.55. The summed E-state index contributed by atoms with van der Waals surface area (Å²) in [5, 5.41) is 0. The van der Waals surface area contributed by atoms with E-state index in [1.165, 1.54) is 19.3 Å². The SMILES string of the molecule is C=CC[C@@H]1C2CC(C[C@H]1C)C2(C)C. The third-order valence-corrected chi connectivity index (χ3v) is 4.89. The van der Waals surface area contributed by atoms with Gasteiger partial charge in [0.15, 0.2) is 0 Å². The number of hydrogen-bond donors (Lipinski definition) is 0. The highest BCUT2D eigenvalue weighted by atomic mass is 14.6. The highest BCUT2D eigenvalue weighted by Crippen LogP contribution is 2.63. The molecule has 0 aliphatic heterocycles. The van der Waals surface area contributed by atoms with Gasteiger partial charge in [0, 0.05) is 0 Å². The molecule has 0 aromatic rings. The van der Waals surface area contributed by atoms with Crippen molar-refractivity contribution in [1.82, 2.24) is 0 Å². The summed E-state index contributed by atoms with van der Waals surface area (Å²) < 4.78 is 0. The van der Waals surface area contributed by atoms with Gasteiger partial charge in [-0.25, -0.2) is 0 Å². The lowest BCUT2D eigenvalue weighted by atomic mass is 9.43. The van der Waals surface area contributed by atoms with Crippen LogP contribution in [-0.2, 0) is 0 Å².